The molecule has 0 aliphatic heterocycles. The maximum absolute atomic E-state index is 2.46. The van der Waals surface area contributed by atoms with Gasteiger partial charge in [0.25, 0.3) is 0 Å². The topological polar surface area (TPSA) is 8.17 Å². The van der Waals surface area contributed by atoms with Crippen LogP contribution >= 0.6 is 0 Å². The fourth-order valence-corrected chi connectivity index (χ4v) is 8.94. The van der Waals surface area contributed by atoms with E-state index in [0.717, 1.165) is 33.9 Å². The van der Waals surface area contributed by atoms with Crippen molar-refractivity contribution in [1.29, 1.82) is 0 Å². The normalized spacial score (nSPS) is 11.2. The van der Waals surface area contributed by atoms with Crippen LogP contribution in [0.4, 0.5) is 17.1 Å². The molecule has 2 nitrogen and oxygen atoms in total. The zero-order valence-electron chi connectivity index (χ0n) is 34.1. The molecule has 10 aromatic carbocycles. The lowest BCUT2D eigenvalue weighted by molar-refractivity contribution is 1.18. The van der Waals surface area contributed by atoms with Crippen molar-refractivity contribution in [3.8, 4) is 61.3 Å². The Morgan fingerprint density at radius 1 is 0.242 bits per heavy atom. The van der Waals surface area contributed by atoms with E-state index in [9.17, 15) is 0 Å². The summed E-state index contributed by atoms with van der Waals surface area (Å²) in [4.78, 5) is 2.37. The number of rotatable bonds is 9. The Kier molecular flexibility index (Phi) is 9.57. The Morgan fingerprint density at radius 2 is 0.613 bits per heavy atom. The van der Waals surface area contributed by atoms with Gasteiger partial charge in [0.1, 0.15) is 0 Å². The quantitative estimate of drug-likeness (QED) is 0.141. The van der Waals surface area contributed by atoms with Crippen LogP contribution in [0.15, 0.2) is 255 Å². The number of fused-ring (bicyclic) bond motifs is 3. The summed E-state index contributed by atoms with van der Waals surface area (Å²) in [6.07, 6.45) is 0. The number of nitrogens with zero attached hydrogens (tertiary/aromatic N) is 2. The highest BCUT2D eigenvalue weighted by Gasteiger charge is 2.19. The van der Waals surface area contributed by atoms with E-state index in [4.69, 9.17) is 0 Å². The number of benzene rings is 10. The molecule has 1 heterocycles. The molecule has 0 saturated carbocycles. The van der Waals surface area contributed by atoms with Crippen molar-refractivity contribution < 1.29 is 0 Å². The molecule has 0 atom stereocenters. The van der Waals surface area contributed by atoms with Gasteiger partial charge < -0.3 is 9.47 Å². The number of hydrogen-bond acceptors (Lipinski definition) is 1. The standard InChI is InChI=1S/C60H42N2/c1-5-16-43(17-6-1)47-28-34-52(35-29-47)61(53-36-30-48(31-37-53)44-18-7-2-8-19-44)54-25-15-24-51(40-54)55-26-13-14-27-58(55)62-59-38-32-49(45-20-9-3-10-21-45)41-56(59)57-42-50(33-39-60(57)62)46-22-11-4-12-23-46/h1-42H. The second-order valence-electron chi connectivity index (χ2n) is 15.8. The van der Waals surface area contributed by atoms with E-state index in [0.29, 0.717) is 0 Å². The van der Waals surface area contributed by atoms with Crippen molar-refractivity contribution in [1.82, 2.24) is 4.57 Å². The van der Waals surface area contributed by atoms with Crippen LogP contribution in [0.1, 0.15) is 0 Å². The van der Waals surface area contributed by atoms with Crippen LogP contribution < -0.4 is 4.90 Å². The summed E-state index contributed by atoms with van der Waals surface area (Å²) < 4.78 is 2.46. The Bertz CT molecular complexity index is 3120. The van der Waals surface area contributed by atoms with Crippen LogP contribution in [0.3, 0.4) is 0 Å². The van der Waals surface area contributed by atoms with E-state index in [1.54, 1.807) is 0 Å². The first-order valence-electron chi connectivity index (χ1n) is 21.3. The van der Waals surface area contributed by atoms with Gasteiger partial charge >= 0.3 is 0 Å². The Balaban J connectivity index is 1.06. The predicted molar refractivity (Wildman–Crippen MR) is 263 cm³/mol. The molecule has 62 heavy (non-hydrogen) atoms. The molecular weight excluding hydrogens is 749 g/mol. The summed E-state index contributed by atoms with van der Waals surface area (Å²) in [6, 6.07) is 92.1. The van der Waals surface area contributed by atoms with E-state index in [1.807, 2.05) is 0 Å². The van der Waals surface area contributed by atoms with Gasteiger partial charge in [-0.1, -0.05) is 188 Å². The lowest BCUT2D eigenvalue weighted by Crippen LogP contribution is -2.10. The van der Waals surface area contributed by atoms with Crippen molar-refractivity contribution >= 4 is 38.9 Å². The highest BCUT2D eigenvalue weighted by molar-refractivity contribution is 6.12. The molecule has 0 radical (unpaired) electrons. The lowest BCUT2D eigenvalue weighted by atomic mass is 10.0. The number of anilines is 3. The Hall–Kier alpha value is -8.20. The third kappa shape index (κ3) is 6.94. The first-order valence-corrected chi connectivity index (χ1v) is 21.3. The molecule has 0 N–H and O–H groups in total. The summed E-state index contributed by atoms with van der Waals surface area (Å²) in [6.45, 7) is 0. The van der Waals surface area contributed by atoms with Gasteiger partial charge in [-0.3, -0.25) is 0 Å². The van der Waals surface area contributed by atoms with Gasteiger partial charge in [-0.15, -0.1) is 0 Å². The Labute approximate surface area is 362 Å². The van der Waals surface area contributed by atoms with Crippen molar-refractivity contribution in [2.75, 3.05) is 4.90 Å². The fraction of sp³-hybridized carbons (Fsp3) is 0. The molecule has 1 aromatic heterocycles. The average Bonchev–Trinajstić information content (AvgIpc) is 3.68. The van der Waals surface area contributed by atoms with E-state index >= 15 is 0 Å². The number of aromatic nitrogens is 1. The molecule has 0 saturated heterocycles. The molecule has 292 valence electrons. The molecule has 2 heteroatoms. The summed E-state index contributed by atoms with van der Waals surface area (Å²) in [5, 5.41) is 2.46. The first-order chi connectivity index (χ1) is 30.7. The molecule has 0 aliphatic carbocycles. The largest absolute Gasteiger partial charge is 0.310 e. The summed E-state index contributed by atoms with van der Waals surface area (Å²) in [5.74, 6) is 0. The molecule has 11 aromatic rings. The summed E-state index contributed by atoms with van der Waals surface area (Å²) in [7, 11) is 0. The number of para-hydroxylation sites is 1. The van der Waals surface area contributed by atoms with Crippen molar-refractivity contribution in [3.63, 3.8) is 0 Å². The molecule has 0 aliphatic rings. The predicted octanol–water partition coefficient (Wildman–Crippen LogP) is 16.6. The van der Waals surface area contributed by atoms with E-state index in [1.165, 1.54) is 66.3 Å². The monoisotopic (exact) mass is 790 g/mol. The Morgan fingerprint density at radius 3 is 1.08 bits per heavy atom. The second-order valence-corrected chi connectivity index (χ2v) is 15.8. The zero-order valence-corrected chi connectivity index (χ0v) is 34.1. The molecular formula is C60H42N2. The molecule has 0 amide bonds. The first kappa shape index (κ1) is 36.8. The van der Waals surface area contributed by atoms with Crippen molar-refractivity contribution in [2.24, 2.45) is 0 Å². The SMILES string of the molecule is c1ccc(-c2ccc(N(c3ccc(-c4ccccc4)cc3)c3cccc(-c4ccccc4-n4c5ccc(-c6ccccc6)cc5c5cc(-c6ccccc6)ccc54)c3)cc2)cc1. The fourth-order valence-electron chi connectivity index (χ4n) is 8.94. The average molecular weight is 791 g/mol. The van der Waals surface area contributed by atoms with E-state index in [2.05, 4.69) is 264 Å². The van der Waals surface area contributed by atoms with Crippen LogP contribution in [0, 0.1) is 0 Å². The minimum absolute atomic E-state index is 1.08. The van der Waals surface area contributed by atoms with Gasteiger partial charge in [-0.2, -0.15) is 0 Å². The zero-order chi connectivity index (χ0) is 41.2. The van der Waals surface area contributed by atoms with Gasteiger partial charge in [0.15, 0.2) is 0 Å². The summed E-state index contributed by atoms with van der Waals surface area (Å²) in [5.41, 5.74) is 18.7. The van der Waals surface area contributed by atoms with Gasteiger partial charge in [0.2, 0.25) is 0 Å². The summed E-state index contributed by atoms with van der Waals surface area (Å²) >= 11 is 0. The van der Waals surface area contributed by atoms with Gasteiger partial charge in [-0.05, 0) is 117 Å². The van der Waals surface area contributed by atoms with Crippen LogP contribution in [0.5, 0.6) is 0 Å². The van der Waals surface area contributed by atoms with Crippen LogP contribution in [0.2, 0.25) is 0 Å². The minimum atomic E-state index is 1.08. The van der Waals surface area contributed by atoms with Gasteiger partial charge in [0, 0.05) is 33.4 Å². The minimum Gasteiger partial charge on any atom is -0.310 e. The second kappa shape index (κ2) is 16.1. The molecule has 0 bridgehead atoms. The third-order valence-electron chi connectivity index (χ3n) is 12.0. The molecule has 0 spiro atoms. The molecule has 0 fully saturated rings. The highest BCUT2D eigenvalue weighted by Crippen LogP contribution is 2.42. The molecule has 11 rings (SSSR count). The van der Waals surface area contributed by atoms with Crippen molar-refractivity contribution in [2.45, 2.75) is 0 Å². The van der Waals surface area contributed by atoms with E-state index < -0.39 is 0 Å². The van der Waals surface area contributed by atoms with Crippen LogP contribution in [-0.2, 0) is 0 Å². The maximum atomic E-state index is 2.46. The lowest BCUT2D eigenvalue weighted by Gasteiger charge is -2.27. The van der Waals surface area contributed by atoms with Gasteiger partial charge in [-0.25, -0.2) is 0 Å². The number of hydrogen-bond donors (Lipinski definition) is 0. The smallest absolute Gasteiger partial charge is 0.0541 e. The third-order valence-corrected chi connectivity index (χ3v) is 12.0. The van der Waals surface area contributed by atoms with Gasteiger partial charge in [0.05, 0.1) is 16.7 Å². The maximum Gasteiger partial charge on any atom is 0.0541 e. The van der Waals surface area contributed by atoms with Crippen LogP contribution in [0.25, 0.3) is 83.1 Å². The van der Waals surface area contributed by atoms with Crippen molar-refractivity contribution in [3.05, 3.63) is 255 Å². The van der Waals surface area contributed by atoms with Crippen LogP contribution in [-0.4, -0.2) is 4.57 Å². The van der Waals surface area contributed by atoms with E-state index in [-0.39, 0.29) is 0 Å². The molecule has 0 unspecified atom stereocenters. The highest BCUT2D eigenvalue weighted by atomic mass is 15.1.